The average Bonchev–Trinajstić information content (AvgIpc) is 2.50. The van der Waals surface area contributed by atoms with Gasteiger partial charge < -0.3 is 5.32 Å². The zero-order valence-corrected chi connectivity index (χ0v) is 13.2. The highest BCUT2D eigenvalue weighted by Gasteiger charge is 2.10. The number of amides is 1. The van der Waals surface area contributed by atoms with Gasteiger partial charge >= 0.3 is 0 Å². The molecule has 5 heteroatoms. The first-order valence-electron chi connectivity index (χ1n) is 6.44. The summed E-state index contributed by atoms with van der Waals surface area (Å²) in [7, 11) is 0. The van der Waals surface area contributed by atoms with Gasteiger partial charge in [0.15, 0.2) is 0 Å². The summed E-state index contributed by atoms with van der Waals surface area (Å²) in [5.41, 5.74) is 2.33. The van der Waals surface area contributed by atoms with Gasteiger partial charge in [-0.1, -0.05) is 47.0 Å². The zero-order valence-electron chi connectivity index (χ0n) is 11.7. The molecular weight excluding hydrogens is 319 g/mol. The van der Waals surface area contributed by atoms with Gasteiger partial charge in [0.25, 0.3) is 5.91 Å². The molecule has 2 aromatic rings. The Hall–Kier alpha value is -2.28. The highest BCUT2D eigenvalue weighted by Crippen LogP contribution is 2.23. The number of nitriles is 1. The average molecular weight is 331 g/mol. The van der Waals surface area contributed by atoms with Crippen molar-refractivity contribution >= 4 is 40.9 Å². The van der Waals surface area contributed by atoms with Gasteiger partial charge in [0, 0.05) is 5.69 Å². The van der Waals surface area contributed by atoms with Crippen LogP contribution in [0.25, 0.3) is 6.08 Å². The number of carbonyl (C=O) groups excluding carboxylic acids is 1. The molecule has 0 aliphatic carbocycles. The van der Waals surface area contributed by atoms with E-state index in [0.717, 1.165) is 5.56 Å². The Morgan fingerprint density at radius 1 is 1.14 bits per heavy atom. The van der Waals surface area contributed by atoms with Crippen molar-refractivity contribution < 1.29 is 4.79 Å². The lowest BCUT2D eigenvalue weighted by molar-refractivity contribution is -0.112. The van der Waals surface area contributed by atoms with Crippen molar-refractivity contribution in [3.63, 3.8) is 0 Å². The van der Waals surface area contributed by atoms with Crippen LogP contribution in [-0.2, 0) is 4.79 Å². The summed E-state index contributed by atoms with van der Waals surface area (Å²) in [5.74, 6) is -0.475. The van der Waals surface area contributed by atoms with Gasteiger partial charge in [-0.15, -0.1) is 0 Å². The second-order valence-corrected chi connectivity index (χ2v) is 5.48. The molecule has 0 spiro atoms. The van der Waals surface area contributed by atoms with Gasteiger partial charge in [-0.3, -0.25) is 4.79 Å². The predicted octanol–water partition coefficient (Wildman–Crippen LogP) is 4.85. The number of hydrogen-bond donors (Lipinski definition) is 1. The Labute approximate surface area is 138 Å². The number of aryl methyl sites for hydroxylation is 1. The van der Waals surface area contributed by atoms with Crippen molar-refractivity contribution in [2.75, 3.05) is 5.32 Å². The maximum absolute atomic E-state index is 12.1. The molecule has 3 nitrogen and oxygen atoms in total. The quantitative estimate of drug-likeness (QED) is 0.646. The number of rotatable bonds is 3. The Morgan fingerprint density at radius 2 is 1.82 bits per heavy atom. The number of carbonyl (C=O) groups is 1. The molecule has 0 aliphatic heterocycles. The lowest BCUT2D eigenvalue weighted by Crippen LogP contribution is -2.13. The van der Waals surface area contributed by atoms with E-state index >= 15 is 0 Å². The van der Waals surface area contributed by atoms with Crippen LogP contribution in [0.3, 0.4) is 0 Å². The van der Waals surface area contributed by atoms with E-state index in [0.29, 0.717) is 21.3 Å². The fraction of sp³-hybridized carbons (Fsp3) is 0.0588. The molecule has 0 unspecified atom stereocenters. The molecule has 0 heterocycles. The SMILES string of the molecule is Cc1ccc(NC(=O)/C(C#N)=C/c2ccc(Cl)c(Cl)c2)cc1. The molecule has 1 N–H and O–H groups in total. The van der Waals surface area contributed by atoms with Crippen molar-refractivity contribution in [1.82, 2.24) is 0 Å². The maximum atomic E-state index is 12.1. The van der Waals surface area contributed by atoms with Crippen LogP contribution in [0.2, 0.25) is 10.0 Å². The van der Waals surface area contributed by atoms with Crippen LogP contribution in [-0.4, -0.2) is 5.91 Å². The van der Waals surface area contributed by atoms with E-state index in [9.17, 15) is 4.79 Å². The minimum absolute atomic E-state index is 0.0148. The summed E-state index contributed by atoms with van der Waals surface area (Å²) in [6.07, 6.45) is 1.46. The van der Waals surface area contributed by atoms with E-state index in [4.69, 9.17) is 28.5 Å². The van der Waals surface area contributed by atoms with Crippen LogP contribution in [0.1, 0.15) is 11.1 Å². The highest BCUT2D eigenvalue weighted by molar-refractivity contribution is 6.42. The third-order valence-electron chi connectivity index (χ3n) is 2.93. The smallest absolute Gasteiger partial charge is 0.266 e. The van der Waals surface area contributed by atoms with Gasteiger partial charge in [0.2, 0.25) is 0 Å². The molecule has 0 bridgehead atoms. The lowest BCUT2D eigenvalue weighted by Gasteiger charge is -2.05. The van der Waals surface area contributed by atoms with Crippen molar-refractivity contribution in [2.24, 2.45) is 0 Å². The Morgan fingerprint density at radius 3 is 2.41 bits per heavy atom. The molecule has 0 aromatic heterocycles. The Kier molecular flexibility index (Phi) is 5.21. The summed E-state index contributed by atoms with van der Waals surface area (Å²) in [6.45, 7) is 1.95. The van der Waals surface area contributed by atoms with Crippen LogP contribution in [0.5, 0.6) is 0 Å². The number of nitrogens with one attached hydrogen (secondary N) is 1. The minimum Gasteiger partial charge on any atom is -0.321 e. The van der Waals surface area contributed by atoms with Crippen molar-refractivity contribution in [3.05, 3.63) is 69.2 Å². The van der Waals surface area contributed by atoms with Crippen LogP contribution in [0, 0.1) is 18.3 Å². The lowest BCUT2D eigenvalue weighted by atomic mass is 10.1. The van der Waals surface area contributed by atoms with E-state index in [-0.39, 0.29) is 5.57 Å². The molecule has 0 atom stereocenters. The normalized spacial score (nSPS) is 10.9. The molecule has 0 saturated carbocycles. The number of hydrogen-bond acceptors (Lipinski definition) is 2. The summed E-state index contributed by atoms with van der Waals surface area (Å²) in [6, 6.07) is 14.1. The number of anilines is 1. The molecule has 0 aliphatic rings. The van der Waals surface area contributed by atoms with Crippen molar-refractivity contribution in [3.8, 4) is 6.07 Å². The summed E-state index contributed by atoms with van der Waals surface area (Å²) in [5, 5.41) is 12.6. The Balaban J connectivity index is 2.21. The Bertz CT molecular complexity index is 774. The third kappa shape index (κ3) is 4.11. The van der Waals surface area contributed by atoms with Gasteiger partial charge in [-0.05, 0) is 42.8 Å². The molecule has 2 rings (SSSR count). The molecule has 0 radical (unpaired) electrons. The topological polar surface area (TPSA) is 52.9 Å². The van der Waals surface area contributed by atoms with Crippen molar-refractivity contribution in [1.29, 1.82) is 5.26 Å². The maximum Gasteiger partial charge on any atom is 0.266 e. The van der Waals surface area contributed by atoms with E-state index in [1.54, 1.807) is 30.3 Å². The van der Waals surface area contributed by atoms with Gasteiger partial charge in [0.05, 0.1) is 10.0 Å². The monoisotopic (exact) mass is 330 g/mol. The summed E-state index contributed by atoms with van der Waals surface area (Å²) in [4.78, 5) is 12.1. The largest absolute Gasteiger partial charge is 0.321 e. The van der Waals surface area contributed by atoms with Crippen molar-refractivity contribution in [2.45, 2.75) is 6.92 Å². The van der Waals surface area contributed by atoms with Crippen LogP contribution in [0.15, 0.2) is 48.0 Å². The first-order chi connectivity index (χ1) is 10.5. The molecule has 2 aromatic carbocycles. The third-order valence-corrected chi connectivity index (χ3v) is 3.67. The first kappa shape index (κ1) is 16.1. The first-order valence-corrected chi connectivity index (χ1v) is 7.20. The number of nitrogens with zero attached hydrogens (tertiary/aromatic N) is 1. The van der Waals surface area contributed by atoms with Gasteiger partial charge in [0.1, 0.15) is 11.6 Å². The van der Waals surface area contributed by atoms with Crippen LogP contribution in [0.4, 0.5) is 5.69 Å². The molecule has 22 heavy (non-hydrogen) atoms. The van der Waals surface area contributed by atoms with E-state index in [2.05, 4.69) is 5.32 Å². The summed E-state index contributed by atoms with van der Waals surface area (Å²) < 4.78 is 0. The predicted molar refractivity (Wildman–Crippen MR) is 89.9 cm³/mol. The van der Waals surface area contributed by atoms with E-state index in [1.807, 2.05) is 25.1 Å². The standard InChI is InChI=1S/C17H12Cl2N2O/c1-11-2-5-14(6-3-11)21-17(22)13(10-20)8-12-4-7-15(18)16(19)9-12/h2-9H,1H3,(H,21,22)/b13-8+. The van der Waals surface area contributed by atoms with E-state index < -0.39 is 5.91 Å². The number of benzene rings is 2. The highest BCUT2D eigenvalue weighted by atomic mass is 35.5. The van der Waals surface area contributed by atoms with Crippen LogP contribution < -0.4 is 5.32 Å². The zero-order chi connectivity index (χ0) is 16.1. The second kappa shape index (κ2) is 7.13. The van der Waals surface area contributed by atoms with E-state index in [1.165, 1.54) is 6.08 Å². The molecule has 0 fully saturated rings. The molecule has 110 valence electrons. The molecule has 0 saturated heterocycles. The fourth-order valence-electron chi connectivity index (χ4n) is 1.75. The minimum atomic E-state index is -0.475. The molecule has 1 amide bonds. The number of halogens is 2. The fourth-order valence-corrected chi connectivity index (χ4v) is 2.06. The summed E-state index contributed by atoms with van der Waals surface area (Å²) >= 11 is 11.8. The van der Waals surface area contributed by atoms with Gasteiger partial charge in [-0.2, -0.15) is 5.26 Å². The molecular formula is C17H12Cl2N2O. The van der Waals surface area contributed by atoms with Gasteiger partial charge in [-0.25, -0.2) is 0 Å². The second-order valence-electron chi connectivity index (χ2n) is 4.66. The van der Waals surface area contributed by atoms with Crippen LogP contribution >= 0.6 is 23.2 Å².